The molecule has 1 aromatic rings. The topological polar surface area (TPSA) is 109 Å². The number of nitrogens with zero attached hydrogens (tertiary/aromatic N) is 1. The van der Waals surface area contributed by atoms with Gasteiger partial charge < -0.3 is 16.1 Å². The quantitative estimate of drug-likeness (QED) is 0.437. The van der Waals surface area contributed by atoms with Gasteiger partial charge in [-0.3, -0.25) is 9.59 Å². The molecule has 0 saturated carbocycles. The number of amides is 2. The van der Waals surface area contributed by atoms with Crippen LogP contribution >= 0.6 is 0 Å². The largest absolute Gasteiger partial charge is 0.354 e. The van der Waals surface area contributed by atoms with Gasteiger partial charge >= 0.3 is 0 Å². The fraction of sp³-hybridized carbons (Fsp3) is 0.500. The summed E-state index contributed by atoms with van der Waals surface area (Å²) in [6.07, 6.45) is 1.13. The third kappa shape index (κ3) is 5.78. The second-order valence-corrected chi connectivity index (χ2v) is 4.91. The first-order valence-electron chi connectivity index (χ1n) is 6.99. The average molecular weight is 293 g/mol. The summed E-state index contributed by atoms with van der Waals surface area (Å²) in [5, 5.41) is 5.55. The number of anilines is 1. The molecule has 0 aliphatic heterocycles. The molecule has 5 N–H and O–H groups in total. The molecule has 1 unspecified atom stereocenters. The minimum absolute atomic E-state index is 0.0696. The number of aromatic nitrogens is 1. The molecule has 21 heavy (non-hydrogen) atoms. The number of hydrazine groups is 1. The van der Waals surface area contributed by atoms with Gasteiger partial charge in [-0.2, -0.15) is 0 Å². The number of hydrogen-bond acceptors (Lipinski definition) is 5. The minimum atomic E-state index is -0.256. The van der Waals surface area contributed by atoms with E-state index >= 15 is 0 Å². The lowest BCUT2D eigenvalue weighted by Crippen LogP contribution is -2.35. The van der Waals surface area contributed by atoms with E-state index in [1.807, 2.05) is 13.8 Å². The summed E-state index contributed by atoms with van der Waals surface area (Å²) >= 11 is 0. The summed E-state index contributed by atoms with van der Waals surface area (Å²) in [7, 11) is 0. The molecule has 1 heterocycles. The second kappa shape index (κ2) is 8.21. The SMILES string of the molecule is CCC(C)NC(=O)CCNC(=O)c1cc(C)nc(NN)c1. The van der Waals surface area contributed by atoms with Gasteiger partial charge in [-0.1, -0.05) is 6.92 Å². The van der Waals surface area contributed by atoms with Gasteiger partial charge in [-0.15, -0.1) is 0 Å². The fourth-order valence-corrected chi connectivity index (χ4v) is 1.71. The molecular weight excluding hydrogens is 270 g/mol. The van der Waals surface area contributed by atoms with E-state index in [2.05, 4.69) is 21.0 Å². The molecule has 7 heteroatoms. The Morgan fingerprint density at radius 3 is 2.71 bits per heavy atom. The van der Waals surface area contributed by atoms with E-state index in [4.69, 9.17) is 5.84 Å². The van der Waals surface area contributed by atoms with Gasteiger partial charge in [0.25, 0.3) is 5.91 Å². The monoisotopic (exact) mass is 293 g/mol. The zero-order valence-electron chi connectivity index (χ0n) is 12.7. The first-order valence-corrected chi connectivity index (χ1v) is 6.99. The van der Waals surface area contributed by atoms with Crippen molar-refractivity contribution in [3.63, 3.8) is 0 Å². The number of aryl methyl sites for hydroxylation is 1. The van der Waals surface area contributed by atoms with E-state index in [0.717, 1.165) is 6.42 Å². The number of rotatable bonds is 7. The lowest BCUT2D eigenvalue weighted by atomic mass is 10.2. The Morgan fingerprint density at radius 1 is 1.38 bits per heavy atom. The number of pyridine rings is 1. The molecule has 1 atom stereocenters. The van der Waals surface area contributed by atoms with Crippen molar-refractivity contribution in [3.8, 4) is 0 Å². The molecule has 0 spiro atoms. The molecule has 0 saturated heterocycles. The van der Waals surface area contributed by atoms with Crippen molar-refractivity contribution in [3.05, 3.63) is 23.4 Å². The number of carbonyl (C=O) groups is 2. The number of nitrogens with two attached hydrogens (primary N) is 1. The van der Waals surface area contributed by atoms with Crippen LogP contribution in [-0.2, 0) is 4.79 Å². The van der Waals surface area contributed by atoms with Crippen LogP contribution in [0.3, 0.4) is 0 Å². The average Bonchev–Trinajstić information content (AvgIpc) is 2.46. The Hall–Kier alpha value is -2.15. The van der Waals surface area contributed by atoms with Crippen LogP contribution in [0.25, 0.3) is 0 Å². The van der Waals surface area contributed by atoms with Gasteiger partial charge in [-0.25, -0.2) is 10.8 Å². The number of hydrogen-bond donors (Lipinski definition) is 4. The molecule has 0 radical (unpaired) electrons. The zero-order valence-corrected chi connectivity index (χ0v) is 12.7. The maximum Gasteiger partial charge on any atom is 0.251 e. The Balaban J connectivity index is 2.47. The van der Waals surface area contributed by atoms with Gasteiger partial charge in [0.05, 0.1) is 0 Å². The van der Waals surface area contributed by atoms with Gasteiger partial charge in [0, 0.05) is 30.3 Å². The summed E-state index contributed by atoms with van der Waals surface area (Å²) in [5.41, 5.74) is 3.55. The molecule has 1 aromatic heterocycles. The van der Waals surface area contributed by atoms with Gasteiger partial charge in [0.15, 0.2) is 0 Å². The van der Waals surface area contributed by atoms with E-state index in [1.54, 1.807) is 19.1 Å². The van der Waals surface area contributed by atoms with E-state index in [0.29, 0.717) is 17.1 Å². The summed E-state index contributed by atoms with van der Waals surface area (Å²) in [4.78, 5) is 27.7. The van der Waals surface area contributed by atoms with Crippen LogP contribution in [0, 0.1) is 6.92 Å². The van der Waals surface area contributed by atoms with Crippen LogP contribution in [-0.4, -0.2) is 29.4 Å². The van der Waals surface area contributed by atoms with Crippen LogP contribution in [0.2, 0.25) is 0 Å². The highest BCUT2D eigenvalue weighted by molar-refractivity contribution is 5.95. The highest BCUT2D eigenvalue weighted by atomic mass is 16.2. The van der Waals surface area contributed by atoms with Crippen molar-refractivity contribution < 1.29 is 9.59 Å². The molecule has 0 aliphatic carbocycles. The summed E-state index contributed by atoms with van der Waals surface area (Å²) in [5.74, 6) is 5.39. The van der Waals surface area contributed by atoms with Crippen LogP contribution in [0.1, 0.15) is 42.7 Å². The molecule has 0 aromatic carbocycles. The Bertz CT molecular complexity index is 504. The van der Waals surface area contributed by atoms with E-state index < -0.39 is 0 Å². The third-order valence-electron chi connectivity index (χ3n) is 3.02. The Morgan fingerprint density at radius 2 is 2.10 bits per heavy atom. The van der Waals surface area contributed by atoms with Crippen LogP contribution in [0.4, 0.5) is 5.82 Å². The molecule has 1 rings (SSSR count). The van der Waals surface area contributed by atoms with E-state index in [9.17, 15) is 9.59 Å². The molecule has 0 fully saturated rings. The Labute approximate surface area is 124 Å². The molecule has 116 valence electrons. The number of carbonyl (C=O) groups excluding carboxylic acids is 2. The highest BCUT2D eigenvalue weighted by Gasteiger charge is 2.10. The van der Waals surface area contributed by atoms with Gasteiger partial charge in [-0.05, 0) is 32.4 Å². The molecule has 7 nitrogen and oxygen atoms in total. The number of nitrogen functional groups attached to an aromatic ring is 1. The molecular formula is C14H23N5O2. The number of nitrogens with one attached hydrogen (secondary N) is 3. The molecule has 0 aliphatic rings. The van der Waals surface area contributed by atoms with Crippen molar-refractivity contribution in [1.29, 1.82) is 0 Å². The van der Waals surface area contributed by atoms with Crippen LogP contribution in [0.15, 0.2) is 12.1 Å². The van der Waals surface area contributed by atoms with Crippen molar-refractivity contribution in [2.24, 2.45) is 5.84 Å². The third-order valence-corrected chi connectivity index (χ3v) is 3.02. The smallest absolute Gasteiger partial charge is 0.251 e. The molecule has 2 amide bonds. The first kappa shape index (κ1) is 16.9. The first-order chi connectivity index (χ1) is 9.96. The second-order valence-electron chi connectivity index (χ2n) is 4.91. The minimum Gasteiger partial charge on any atom is -0.354 e. The maximum atomic E-state index is 12.0. The van der Waals surface area contributed by atoms with Gasteiger partial charge in [0.2, 0.25) is 5.91 Å². The lowest BCUT2D eigenvalue weighted by Gasteiger charge is -2.11. The van der Waals surface area contributed by atoms with Crippen molar-refractivity contribution >= 4 is 17.6 Å². The normalized spacial score (nSPS) is 11.6. The summed E-state index contributed by atoms with van der Waals surface area (Å²) in [6, 6.07) is 3.37. The standard InChI is InChI=1S/C14H23N5O2/c1-4-9(2)18-13(20)5-6-16-14(21)11-7-10(3)17-12(8-11)19-15/h7-9H,4-6,15H2,1-3H3,(H,16,21)(H,17,19)(H,18,20). The van der Waals surface area contributed by atoms with E-state index in [1.165, 1.54) is 0 Å². The Kier molecular flexibility index (Phi) is 6.61. The predicted octanol–water partition coefficient (Wildman–Crippen LogP) is 0.710. The fourth-order valence-electron chi connectivity index (χ4n) is 1.71. The predicted molar refractivity (Wildman–Crippen MR) is 81.6 cm³/mol. The maximum absolute atomic E-state index is 12.0. The van der Waals surface area contributed by atoms with E-state index in [-0.39, 0.29) is 30.8 Å². The zero-order chi connectivity index (χ0) is 15.8. The van der Waals surface area contributed by atoms with Crippen molar-refractivity contribution in [2.45, 2.75) is 39.7 Å². The summed E-state index contributed by atoms with van der Waals surface area (Å²) < 4.78 is 0. The van der Waals surface area contributed by atoms with Crippen molar-refractivity contribution in [2.75, 3.05) is 12.0 Å². The lowest BCUT2D eigenvalue weighted by molar-refractivity contribution is -0.121. The molecule has 0 bridgehead atoms. The summed E-state index contributed by atoms with van der Waals surface area (Å²) in [6.45, 7) is 6.00. The highest BCUT2D eigenvalue weighted by Crippen LogP contribution is 2.08. The van der Waals surface area contributed by atoms with Crippen LogP contribution in [0.5, 0.6) is 0 Å². The van der Waals surface area contributed by atoms with Crippen LogP contribution < -0.4 is 21.9 Å². The van der Waals surface area contributed by atoms with Crippen molar-refractivity contribution in [1.82, 2.24) is 15.6 Å². The van der Waals surface area contributed by atoms with Gasteiger partial charge in [0.1, 0.15) is 5.82 Å².